The monoisotopic (exact) mass is 382 g/mol. The van der Waals surface area contributed by atoms with E-state index in [1.807, 2.05) is 0 Å². The lowest BCUT2D eigenvalue weighted by atomic mass is 10.1. The minimum Gasteiger partial charge on any atom is -0.461 e. The summed E-state index contributed by atoms with van der Waals surface area (Å²) in [4.78, 5) is 30.5. The average Bonchev–Trinajstić information content (AvgIpc) is 3.30. The molecule has 0 fully saturated rings. The lowest BCUT2D eigenvalue weighted by Crippen LogP contribution is -2.13. The molecule has 2 N–H and O–H groups in total. The summed E-state index contributed by atoms with van der Waals surface area (Å²) in [5, 5.41) is 14.0. The number of H-pyrrole nitrogens is 1. The fourth-order valence-electron chi connectivity index (χ4n) is 2.66. The van der Waals surface area contributed by atoms with E-state index in [2.05, 4.69) is 15.3 Å². The first kappa shape index (κ1) is 16.8. The largest absolute Gasteiger partial charge is 0.461 e. The molecule has 0 bridgehead atoms. The van der Waals surface area contributed by atoms with Gasteiger partial charge in [-0.3, -0.25) is 14.9 Å². The van der Waals surface area contributed by atoms with Gasteiger partial charge in [0, 0.05) is 16.8 Å². The molecule has 1 amide bonds. The number of aromatic amines is 1. The highest BCUT2D eigenvalue weighted by atomic mass is 35.5. The van der Waals surface area contributed by atoms with Crippen LogP contribution in [0, 0.1) is 10.1 Å². The number of hydrogen-bond donors (Lipinski definition) is 2. The lowest BCUT2D eigenvalue weighted by Gasteiger charge is -2.06. The quantitative estimate of drug-likeness (QED) is 0.394. The summed E-state index contributed by atoms with van der Waals surface area (Å²) in [5.74, 6) is 0.545. The number of aromatic nitrogens is 2. The number of nitro benzene ring substituents is 1. The van der Waals surface area contributed by atoms with Crippen LogP contribution in [0.2, 0.25) is 5.02 Å². The Hall–Kier alpha value is -3.65. The third kappa shape index (κ3) is 3.25. The summed E-state index contributed by atoms with van der Waals surface area (Å²) in [6.45, 7) is 0. The molecule has 134 valence electrons. The summed E-state index contributed by atoms with van der Waals surface area (Å²) in [6.07, 6.45) is 1.55. The van der Waals surface area contributed by atoms with E-state index in [-0.39, 0.29) is 16.3 Å². The van der Waals surface area contributed by atoms with Crippen molar-refractivity contribution < 1.29 is 14.1 Å². The molecule has 0 radical (unpaired) electrons. The van der Waals surface area contributed by atoms with Gasteiger partial charge in [0.25, 0.3) is 11.6 Å². The second-order valence-electron chi connectivity index (χ2n) is 5.67. The molecule has 2 heterocycles. The third-order valence-electron chi connectivity index (χ3n) is 3.90. The van der Waals surface area contributed by atoms with Gasteiger partial charge in [0.05, 0.1) is 22.2 Å². The van der Waals surface area contributed by atoms with Crippen LogP contribution in [-0.4, -0.2) is 20.8 Å². The molecule has 4 aromatic rings. The summed E-state index contributed by atoms with van der Waals surface area (Å²) in [5.41, 5.74) is 1.40. The number of furan rings is 1. The Morgan fingerprint density at radius 3 is 2.81 bits per heavy atom. The first-order valence-corrected chi connectivity index (χ1v) is 8.18. The van der Waals surface area contributed by atoms with Gasteiger partial charge >= 0.3 is 0 Å². The molecule has 0 aliphatic heterocycles. The van der Waals surface area contributed by atoms with E-state index in [0.29, 0.717) is 28.3 Å². The van der Waals surface area contributed by atoms with Gasteiger partial charge in [-0.15, -0.1) is 0 Å². The fraction of sp³-hybridized carbons (Fsp3) is 0. The van der Waals surface area contributed by atoms with Gasteiger partial charge in [-0.25, -0.2) is 4.98 Å². The van der Waals surface area contributed by atoms with Gasteiger partial charge in [0.1, 0.15) is 5.56 Å². The van der Waals surface area contributed by atoms with Crippen molar-refractivity contribution in [2.45, 2.75) is 0 Å². The number of halogens is 1. The Morgan fingerprint density at radius 1 is 1.22 bits per heavy atom. The Morgan fingerprint density at radius 2 is 2.07 bits per heavy atom. The molecule has 4 rings (SSSR count). The highest BCUT2D eigenvalue weighted by Crippen LogP contribution is 2.26. The molecule has 2 aromatic carbocycles. The molecule has 0 aliphatic rings. The van der Waals surface area contributed by atoms with E-state index >= 15 is 0 Å². The van der Waals surface area contributed by atoms with Crippen LogP contribution in [0.15, 0.2) is 59.2 Å². The predicted molar refractivity (Wildman–Crippen MR) is 99.9 cm³/mol. The molecule has 0 aliphatic carbocycles. The van der Waals surface area contributed by atoms with Crippen LogP contribution in [0.5, 0.6) is 0 Å². The number of nitrogens with one attached hydrogen (secondary N) is 2. The fourth-order valence-corrected chi connectivity index (χ4v) is 2.83. The van der Waals surface area contributed by atoms with Crippen molar-refractivity contribution >= 4 is 39.9 Å². The van der Waals surface area contributed by atoms with Crippen LogP contribution in [-0.2, 0) is 0 Å². The molecule has 0 saturated heterocycles. The zero-order chi connectivity index (χ0) is 19.0. The van der Waals surface area contributed by atoms with E-state index < -0.39 is 10.8 Å². The van der Waals surface area contributed by atoms with Gasteiger partial charge in [0.2, 0.25) is 0 Å². The van der Waals surface area contributed by atoms with E-state index in [1.54, 1.807) is 36.6 Å². The van der Waals surface area contributed by atoms with E-state index in [1.165, 1.54) is 12.1 Å². The van der Waals surface area contributed by atoms with E-state index in [9.17, 15) is 14.9 Å². The summed E-state index contributed by atoms with van der Waals surface area (Å²) in [6, 6.07) is 12.5. The van der Waals surface area contributed by atoms with Crippen molar-refractivity contribution in [2.24, 2.45) is 0 Å². The predicted octanol–water partition coefficient (Wildman–Crippen LogP) is 4.64. The molecular weight excluding hydrogens is 372 g/mol. The number of nitrogens with zero attached hydrogens (tertiary/aromatic N) is 2. The van der Waals surface area contributed by atoms with Crippen molar-refractivity contribution in [1.82, 2.24) is 9.97 Å². The Labute approximate surface area is 156 Å². The van der Waals surface area contributed by atoms with Crippen LogP contribution in [0.4, 0.5) is 11.4 Å². The van der Waals surface area contributed by atoms with Crippen LogP contribution < -0.4 is 5.32 Å². The number of imidazole rings is 1. The number of hydrogen-bond acceptors (Lipinski definition) is 5. The van der Waals surface area contributed by atoms with Crippen molar-refractivity contribution in [1.29, 1.82) is 0 Å². The summed E-state index contributed by atoms with van der Waals surface area (Å²) >= 11 is 5.78. The molecule has 0 spiro atoms. The van der Waals surface area contributed by atoms with Crippen molar-refractivity contribution in [2.75, 3.05) is 5.32 Å². The topological polar surface area (TPSA) is 114 Å². The lowest BCUT2D eigenvalue weighted by molar-refractivity contribution is -0.385. The van der Waals surface area contributed by atoms with Crippen LogP contribution in [0.3, 0.4) is 0 Å². The average molecular weight is 383 g/mol. The Balaban J connectivity index is 1.64. The minimum atomic E-state index is -0.644. The molecule has 2 aromatic heterocycles. The second kappa shape index (κ2) is 6.58. The number of anilines is 1. The number of fused-ring (bicyclic) bond motifs is 1. The number of carbonyl (C=O) groups excluding carboxylic acids is 1. The standard InChI is InChI=1S/C18H11ClN4O4/c19-10-3-5-12(15(8-10)23(25)26)18(24)20-11-4-6-13-14(9-11)22-17(21-13)16-2-1-7-27-16/h1-9H,(H,20,24)(H,21,22). The maximum absolute atomic E-state index is 12.5. The first-order valence-electron chi connectivity index (χ1n) is 7.80. The normalized spacial score (nSPS) is 10.9. The number of nitro groups is 1. The van der Waals surface area contributed by atoms with E-state index in [4.69, 9.17) is 16.0 Å². The van der Waals surface area contributed by atoms with Crippen molar-refractivity contribution in [3.05, 3.63) is 75.5 Å². The zero-order valence-electron chi connectivity index (χ0n) is 13.6. The van der Waals surface area contributed by atoms with Crippen LogP contribution in [0.25, 0.3) is 22.6 Å². The summed E-state index contributed by atoms with van der Waals surface area (Å²) < 4.78 is 5.31. The first-order chi connectivity index (χ1) is 13.0. The number of rotatable bonds is 4. The van der Waals surface area contributed by atoms with Crippen molar-refractivity contribution in [3.8, 4) is 11.6 Å². The third-order valence-corrected chi connectivity index (χ3v) is 4.13. The van der Waals surface area contributed by atoms with Gasteiger partial charge in [0.15, 0.2) is 11.6 Å². The summed E-state index contributed by atoms with van der Waals surface area (Å²) in [7, 11) is 0. The Bertz CT molecular complexity index is 1170. The maximum atomic E-state index is 12.5. The molecule has 0 atom stereocenters. The minimum absolute atomic E-state index is 0.0783. The Kier molecular flexibility index (Phi) is 4.09. The van der Waals surface area contributed by atoms with Gasteiger partial charge in [-0.1, -0.05) is 11.6 Å². The van der Waals surface area contributed by atoms with Gasteiger partial charge in [-0.05, 0) is 42.5 Å². The highest BCUT2D eigenvalue weighted by molar-refractivity contribution is 6.31. The molecule has 0 unspecified atom stereocenters. The maximum Gasteiger partial charge on any atom is 0.283 e. The molecule has 9 heteroatoms. The number of carbonyl (C=O) groups is 1. The van der Waals surface area contributed by atoms with Crippen LogP contribution in [0.1, 0.15) is 10.4 Å². The smallest absolute Gasteiger partial charge is 0.283 e. The second-order valence-corrected chi connectivity index (χ2v) is 6.10. The van der Waals surface area contributed by atoms with E-state index in [0.717, 1.165) is 6.07 Å². The molecular formula is C18H11ClN4O4. The number of amides is 1. The van der Waals surface area contributed by atoms with Gasteiger partial charge in [-0.2, -0.15) is 0 Å². The van der Waals surface area contributed by atoms with Crippen LogP contribution >= 0.6 is 11.6 Å². The molecule has 0 saturated carbocycles. The molecule has 8 nitrogen and oxygen atoms in total. The zero-order valence-corrected chi connectivity index (χ0v) is 14.4. The highest BCUT2D eigenvalue weighted by Gasteiger charge is 2.21. The SMILES string of the molecule is O=C(Nc1ccc2nc(-c3ccco3)[nH]c2c1)c1ccc(Cl)cc1[N+](=O)[O-]. The number of benzene rings is 2. The molecule has 27 heavy (non-hydrogen) atoms. The van der Waals surface area contributed by atoms with Crippen molar-refractivity contribution in [3.63, 3.8) is 0 Å². The van der Waals surface area contributed by atoms with Gasteiger partial charge < -0.3 is 14.7 Å².